The third kappa shape index (κ3) is 3.91. The van der Waals surface area contributed by atoms with Crippen molar-refractivity contribution in [2.45, 2.75) is 56.8 Å². The number of hydrogen-bond donors (Lipinski definition) is 2. The summed E-state index contributed by atoms with van der Waals surface area (Å²) in [5, 5.41) is 18.2. The van der Waals surface area contributed by atoms with Crippen molar-refractivity contribution in [3.05, 3.63) is 0 Å². The fourth-order valence-corrected chi connectivity index (χ4v) is 3.05. The van der Waals surface area contributed by atoms with Crippen LogP contribution < -0.4 is 0 Å². The first-order chi connectivity index (χ1) is 8.29. The molecule has 0 radical (unpaired) electrons. The Morgan fingerprint density at radius 2 is 1.65 bits per heavy atom. The lowest BCUT2D eigenvalue weighted by atomic mass is 9.90. The number of aliphatic hydroxyl groups is 2. The number of hydrogen-bond acceptors (Lipinski definition) is 4. The second-order valence-electron chi connectivity index (χ2n) is 5.29. The Bertz CT molecular complexity index is 209. The molecule has 17 heavy (non-hydrogen) atoms. The number of ether oxygens (including phenoxy) is 1. The van der Waals surface area contributed by atoms with E-state index in [9.17, 15) is 5.11 Å². The molecule has 2 aliphatic rings. The summed E-state index contributed by atoms with van der Waals surface area (Å²) in [5.41, 5.74) is 0. The van der Waals surface area contributed by atoms with Crippen molar-refractivity contribution >= 4 is 0 Å². The van der Waals surface area contributed by atoms with Gasteiger partial charge >= 0.3 is 0 Å². The van der Waals surface area contributed by atoms with Gasteiger partial charge in [0.25, 0.3) is 0 Å². The Labute approximate surface area is 104 Å². The molecule has 100 valence electrons. The van der Waals surface area contributed by atoms with E-state index in [4.69, 9.17) is 9.84 Å². The molecule has 0 atom stereocenters. The van der Waals surface area contributed by atoms with Gasteiger partial charge in [-0.15, -0.1) is 0 Å². The molecular formula is C13H25NO3. The van der Waals surface area contributed by atoms with Crippen molar-refractivity contribution in [1.82, 2.24) is 4.90 Å². The summed E-state index contributed by atoms with van der Waals surface area (Å²) < 4.78 is 5.57. The van der Waals surface area contributed by atoms with Crippen molar-refractivity contribution in [1.29, 1.82) is 0 Å². The molecule has 1 aliphatic carbocycles. The molecule has 1 aliphatic heterocycles. The van der Waals surface area contributed by atoms with Crippen molar-refractivity contribution < 1.29 is 14.9 Å². The molecule has 1 saturated heterocycles. The fourth-order valence-electron chi connectivity index (χ4n) is 3.05. The zero-order chi connectivity index (χ0) is 12.1. The number of rotatable bonds is 4. The molecule has 2 rings (SSSR count). The molecule has 0 spiro atoms. The average molecular weight is 243 g/mol. The van der Waals surface area contributed by atoms with E-state index in [1.54, 1.807) is 0 Å². The van der Waals surface area contributed by atoms with Crippen LogP contribution >= 0.6 is 0 Å². The zero-order valence-corrected chi connectivity index (χ0v) is 10.6. The Kier molecular flexibility index (Phi) is 5.22. The average Bonchev–Trinajstić information content (AvgIpc) is 2.38. The summed E-state index contributed by atoms with van der Waals surface area (Å²) in [5.74, 6) is 0. The number of likely N-dealkylation sites (tertiary alicyclic amines) is 1. The SMILES string of the molecule is OCCOC1CCN(C2CCC(O)CC2)CC1. The van der Waals surface area contributed by atoms with Crippen LogP contribution in [0.2, 0.25) is 0 Å². The summed E-state index contributed by atoms with van der Waals surface area (Å²) in [6, 6.07) is 0.678. The van der Waals surface area contributed by atoms with E-state index in [1.165, 1.54) is 0 Å². The number of aliphatic hydroxyl groups excluding tert-OH is 2. The fraction of sp³-hybridized carbons (Fsp3) is 1.00. The largest absolute Gasteiger partial charge is 0.394 e. The Morgan fingerprint density at radius 1 is 1.00 bits per heavy atom. The highest BCUT2D eigenvalue weighted by molar-refractivity contribution is 4.83. The van der Waals surface area contributed by atoms with E-state index in [0.29, 0.717) is 18.8 Å². The van der Waals surface area contributed by atoms with Gasteiger partial charge in [0.15, 0.2) is 0 Å². The molecule has 2 N–H and O–H groups in total. The van der Waals surface area contributed by atoms with E-state index in [1.807, 2.05) is 0 Å². The molecule has 0 unspecified atom stereocenters. The van der Waals surface area contributed by atoms with E-state index in [2.05, 4.69) is 4.90 Å². The molecule has 0 aromatic carbocycles. The van der Waals surface area contributed by atoms with Crippen molar-refractivity contribution in [3.63, 3.8) is 0 Å². The van der Waals surface area contributed by atoms with Crippen molar-refractivity contribution in [2.75, 3.05) is 26.3 Å². The second kappa shape index (κ2) is 6.69. The standard InChI is InChI=1S/C13H25NO3/c15-9-10-17-13-5-7-14(8-6-13)11-1-3-12(16)4-2-11/h11-13,15-16H,1-10H2. The lowest BCUT2D eigenvalue weighted by Gasteiger charge is -2.40. The summed E-state index contributed by atoms with van der Waals surface area (Å²) in [7, 11) is 0. The van der Waals surface area contributed by atoms with Crippen LogP contribution in [0.25, 0.3) is 0 Å². The van der Waals surface area contributed by atoms with Crippen LogP contribution in [0.3, 0.4) is 0 Å². The maximum Gasteiger partial charge on any atom is 0.0701 e. The molecule has 1 saturated carbocycles. The second-order valence-corrected chi connectivity index (χ2v) is 5.29. The van der Waals surface area contributed by atoms with Crippen LogP contribution in [-0.2, 0) is 4.74 Å². The summed E-state index contributed by atoms with van der Waals surface area (Å²) >= 11 is 0. The Hall–Kier alpha value is -0.160. The van der Waals surface area contributed by atoms with E-state index < -0.39 is 0 Å². The van der Waals surface area contributed by atoms with Gasteiger partial charge in [-0.2, -0.15) is 0 Å². The molecule has 4 nitrogen and oxygen atoms in total. The van der Waals surface area contributed by atoms with Crippen molar-refractivity contribution in [2.24, 2.45) is 0 Å². The monoisotopic (exact) mass is 243 g/mol. The van der Waals surface area contributed by atoms with Crippen LogP contribution in [0.4, 0.5) is 0 Å². The van der Waals surface area contributed by atoms with Crippen LogP contribution in [0.15, 0.2) is 0 Å². The van der Waals surface area contributed by atoms with Crippen LogP contribution in [0.5, 0.6) is 0 Å². The minimum absolute atomic E-state index is 0.0586. The highest BCUT2D eigenvalue weighted by Crippen LogP contribution is 2.26. The van der Waals surface area contributed by atoms with E-state index in [0.717, 1.165) is 51.6 Å². The molecule has 1 heterocycles. The minimum Gasteiger partial charge on any atom is -0.394 e. The van der Waals surface area contributed by atoms with Gasteiger partial charge in [0.2, 0.25) is 0 Å². The third-order valence-corrected chi connectivity index (χ3v) is 4.10. The highest BCUT2D eigenvalue weighted by atomic mass is 16.5. The molecule has 0 aromatic heterocycles. The smallest absolute Gasteiger partial charge is 0.0701 e. The van der Waals surface area contributed by atoms with Gasteiger partial charge in [0.1, 0.15) is 0 Å². The number of piperidine rings is 1. The van der Waals surface area contributed by atoms with Gasteiger partial charge in [-0.1, -0.05) is 0 Å². The maximum absolute atomic E-state index is 9.50. The lowest BCUT2D eigenvalue weighted by Crippen LogP contribution is -2.45. The molecule has 2 fully saturated rings. The summed E-state index contributed by atoms with van der Waals surface area (Å²) in [4.78, 5) is 2.56. The van der Waals surface area contributed by atoms with Gasteiger partial charge < -0.3 is 19.8 Å². The minimum atomic E-state index is -0.0586. The first kappa shape index (κ1) is 13.3. The van der Waals surface area contributed by atoms with Gasteiger partial charge in [0, 0.05) is 19.1 Å². The molecule has 0 amide bonds. The Morgan fingerprint density at radius 3 is 2.24 bits per heavy atom. The van der Waals surface area contributed by atoms with Gasteiger partial charge in [-0.25, -0.2) is 0 Å². The maximum atomic E-state index is 9.50. The Balaban J connectivity index is 1.68. The van der Waals surface area contributed by atoms with Crippen LogP contribution in [0, 0.1) is 0 Å². The van der Waals surface area contributed by atoms with Gasteiger partial charge in [0.05, 0.1) is 25.4 Å². The van der Waals surface area contributed by atoms with E-state index in [-0.39, 0.29) is 12.7 Å². The van der Waals surface area contributed by atoms with Gasteiger partial charge in [-0.3, -0.25) is 0 Å². The normalized spacial score (nSPS) is 32.8. The molecule has 0 bridgehead atoms. The molecule has 4 heteroatoms. The highest BCUT2D eigenvalue weighted by Gasteiger charge is 2.28. The van der Waals surface area contributed by atoms with E-state index >= 15 is 0 Å². The van der Waals surface area contributed by atoms with Gasteiger partial charge in [-0.05, 0) is 38.5 Å². The van der Waals surface area contributed by atoms with Crippen LogP contribution in [0.1, 0.15) is 38.5 Å². The topological polar surface area (TPSA) is 52.9 Å². The lowest BCUT2D eigenvalue weighted by molar-refractivity contribution is -0.0227. The predicted octanol–water partition coefficient (Wildman–Crippen LogP) is 0.763. The number of nitrogens with zero attached hydrogens (tertiary/aromatic N) is 1. The molecular weight excluding hydrogens is 218 g/mol. The quantitative estimate of drug-likeness (QED) is 0.765. The first-order valence-corrected chi connectivity index (χ1v) is 6.94. The third-order valence-electron chi connectivity index (χ3n) is 4.10. The summed E-state index contributed by atoms with van der Waals surface area (Å²) in [6.07, 6.45) is 6.66. The predicted molar refractivity (Wildman–Crippen MR) is 65.9 cm³/mol. The summed E-state index contributed by atoms with van der Waals surface area (Å²) in [6.45, 7) is 2.81. The van der Waals surface area contributed by atoms with Crippen molar-refractivity contribution in [3.8, 4) is 0 Å². The zero-order valence-electron chi connectivity index (χ0n) is 10.6. The molecule has 0 aromatic rings. The first-order valence-electron chi connectivity index (χ1n) is 6.94. The van der Waals surface area contributed by atoms with Crippen LogP contribution in [-0.4, -0.2) is 59.7 Å².